The number of aliphatic carboxylic acids is 1. The first-order valence-electron chi connectivity index (χ1n) is 6.69. The van der Waals surface area contributed by atoms with E-state index in [1.54, 1.807) is 11.9 Å². The molecule has 5 heteroatoms. The Morgan fingerprint density at radius 3 is 2.30 bits per heavy atom. The summed E-state index contributed by atoms with van der Waals surface area (Å²) in [5.41, 5.74) is 0.833. The Morgan fingerprint density at radius 1 is 1.20 bits per heavy atom. The summed E-state index contributed by atoms with van der Waals surface area (Å²) in [6.45, 7) is 4.51. The molecular weight excluding hydrogens is 256 g/mol. The van der Waals surface area contributed by atoms with Crippen LogP contribution in [0.25, 0.3) is 0 Å². The van der Waals surface area contributed by atoms with Crippen LogP contribution in [-0.2, 0) is 9.59 Å². The molecule has 5 nitrogen and oxygen atoms in total. The van der Waals surface area contributed by atoms with Crippen molar-refractivity contribution < 1.29 is 14.7 Å². The van der Waals surface area contributed by atoms with Crippen molar-refractivity contribution in [2.24, 2.45) is 0 Å². The molecule has 0 heterocycles. The lowest BCUT2D eigenvalue weighted by molar-refractivity contribution is -0.137. The van der Waals surface area contributed by atoms with E-state index in [1.165, 1.54) is 0 Å². The van der Waals surface area contributed by atoms with Gasteiger partial charge in [0.25, 0.3) is 0 Å². The number of carboxylic acid groups (broad SMARTS) is 1. The van der Waals surface area contributed by atoms with Gasteiger partial charge < -0.3 is 10.0 Å². The highest BCUT2D eigenvalue weighted by Gasteiger charge is 2.18. The summed E-state index contributed by atoms with van der Waals surface area (Å²) in [7, 11) is 1.73. The van der Waals surface area contributed by atoms with Gasteiger partial charge >= 0.3 is 5.97 Å². The van der Waals surface area contributed by atoms with Crippen molar-refractivity contribution in [1.29, 1.82) is 0 Å². The van der Waals surface area contributed by atoms with Crippen LogP contribution >= 0.6 is 0 Å². The minimum absolute atomic E-state index is 0.0422. The second-order valence-electron chi connectivity index (χ2n) is 5.00. The predicted molar refractivity (Wildman–Crippen MR) is 78.8 cm³/mol. The monoisotopic (exact) mass is 278 g/mol. The molecule has 1 aromatic carbocycles. The zero-order chi connectivity index (χ0) is 15.1. The van der Waals surface area contributed by atoms with E-state index < -0.39 is 5.97 Å². The Morgan fingerprint density at radius 2 is 1.80 bits per heavy atom. The van der Waals surface area contributed by atoms with Gasteiger partial charge in [0.1, 0.15) is 0 Å². The van der Waals surface area contributed by atoms with Crippen molar-refractivity contribution in [1.82, 2.24) is 4.90 Å². The number of hydrogen-bond donors (Lipinski definition) is 1. The average molecular weight is 278 g/mol. The Labute approximate surface area is 119 Å². The molecule has 1 amide bonds. The minimum Gasteiger partial charge on any atom is -0.481 e. The van der Waals surface area contributed by atoms with E-state index in [-0.39, 0.29) is 24.9 Å². The molecule has 20 heavy (non-hydrogen) atoms. The molecule has 0 aliphatic heterocycles. The molecule has 0 atom stereocenters. The number of carboxylic acids is 1. The quantitative estimate of drug-likeness (QED) is 0.826. The summed E-state index contributed by atoms with van der Waals surface area (Å²) >= 11 is 0. The topological polar surface area (TPSA) is 60.9 Å². The highest BCUT2D eigenvalue weighted by Crippen LogP contribution is 2.12. The van der Waals surface area contributed by atoms with E-state index in [4.69, 9.17) is 5.11 Å². The highest BCUT2D eigenvalue weighted by molar-refractivity contribution is 5.94. The van der Waals surface area contributed by atoms with Crippen LogP contribution in [0.4, 0.5) is 5.69 Å². The summed E-state index contributed by atoms with van der Waals surface area (Å²) in [4.78, 5) is 26.3. The minimum atomic E-state index is -0.848. The molecule has 0 saturated carbocycles. The van der Waals surface area contributed by atoms with Crippen molar-refractivity contribution in [2.45, 2.75) is 26.3 Å². The van der Waals surface area contributed by atoms with Gasteiger partial charge in [-0.05, 0) is 26.0 Å². The molecule has 0 saturated heterocycles. The normalized spacial score (nSPS) is 10.8. The van der Waals surface area contributed by atoms with Gasteiger partial charge in [0.15, 0.2) is 0 Å². The Balaban J connectivity index is 2.63. The molecule has 1 rings (SSSR count). The Bertz CT molecular complexity index is 446. The number of amides is 1. The van der Waals surface area contributed by atoms with E-state index in [1.807, 2.05) is 49.1 Å². The van der Waals surface area contributed by atoms with Crippen LogP contribution < -0.4 is 4.90 Å². The van der Waals surface area contributed by atoms with Crippen LogP contribution in [0.2, 0.25) is 0 Å². The second-order valence-corrected chi connectivity index (χ2v) is 5.00. The lowest BCUT2D eigenvalue weighted by atomic mass is 10.2. The number of carbonyl (C=O) groups is 2. The van der Waals surface area contributed by atoms with E-state index in [9.17, 15) is 9.59 Å². The zero-order valence-corrected chi connectivity index (χ0v) is 12.2. The van der Waals surface area contributed by atoms with Crippen molar-refractivity contribution in [3.8, 4) is 0 Å². The second kappa shape index (κ2) is 7.65. The van der Waals surface area contributed by atoms with Crippen LogP contribution in [0, 0.1) is 0 Å². The van der Waals surface area contributed by atoms with Gasteiger partial charge in [-0.2, -0.15) is 0 Å². The molecule has 0 aliphatic carbocycles. The van der Waals surface area contributed by atoms with Gasteiger partial charge in [0, 0.05) is 25.3 Å². The van der Waals surface area contributed by atoms with Gasteiger partial charge in [-0.3, -0.25) is 14.5 Å². The van der Waals surface area contributed by atoms with Gasteiger partial charge in [-0.25, -0.2) is 0 Å². The summed E-state index contributed by atoms with van der Waals surface area (Å²) in [6.07, 6.45) is 0.0422. The average Bonchev–Trinajstić information content (AvgIpc) is 2.42. The maximum Gasteiger partial charge on any atom is 0.304 e. The van der Waals surface area contributed by atoms with Crippen LogP contribution in [0.5, 0.6) is 0 Å². The molecule has 110 valence electrons. The first kappa shape index (κ1) is 16.2. The van der Waals surface area contributed by atoms with E-state index >= 15 is 0 Å². The molecule has 1 aromatic rings. The van der Waals surface area contributed by atoms with Gasteiger partial charge in [0.2, 0.25) is 5.91 Å². The molecule has 1 N–H and O–H groups in total. The van der Waals surface area contributed by atoms with Gasteiger partial charge in [-0.15, -0.1) is 0 Å². The Kier molecular flexibility index (Phi) is 6.18. The Hall–Kier alpha value is -1.88. The summed E-state index contributed by atoms with van der Waals surface area (Å²) in [5.74, 6) is -0.894. The number of likely N-dealkylation sites (N-methyl/N-ethyl adjacent to an activating group) is 1. The third kappa shape index (κ3) is 5.01. The fraction of sp³-hybridized carbons (Fsp3) is 0.467. The fourth-order valence-electron chi connectivity index (χ4n) is 1.83. The third-order valence-corrected chi connectivity index (χ3v) is 3.20. The first-order chi connectivity index (χ1) is 9.41. The molecule has 0 bridgehead atoms. The number of carbonyl (C=O) groups excluding carboxylic acids is 1. The highest BCUT2D eigenvalue weighted by atomic mass is 16.4. The largest absolute Gasteiger partial charge is 0.481 e. The van der Waals surface area contributed by atoms with E-state index in [0.29, 0.717) is 6.54 Å². The number of anilines is 1. The molecule has 0 aromatic heterocycles. The summed E-state index contributed by atoms with van der Waals surface area (Å²) < 4.78 is 0. The van der Waals surface area contributed by atoms with Crippen LogP contribution in [-0.4, -0.2) is 48.1 Å². The van der Waals surface area contributed by atoms with Gasteiger partial charge in [0.05, 0.1) is 13.0 Å². The SMILES string of the molecule is CC(C)N(CCC(=O)O)CC(=O)N(C)c1ccccc1. The zero-order valence-electron chi connectivity index (χ0n) is 12.2. The van der Waals surface area contributed by atoms with Crippen molar-refractivity contribution >= 4 is 17.6 Å². The van der Waals surface area contributed by atoms with Crippen LogP contribution in [0.1, 0.15) is 20.3 Å². The molecule has 0 fully saturated rings. The lowest BCUT2D eigenvalue weighted by Gasteiger charge is -2.27. The molecule has 0 radical (unpaired) electrons. The van der Waals surface area contributed by atoms with Gasteiger partial charge in [-0.1, -0.05) is 18.2 Å². The molecule has 0 aliphatic rings. The van der Waals surface area contributed by atoms with E-state index in [2.05, 4.69) is 0 Å². The fourth-order valence-corrected chi connectivity index (χ4v) is 1.83. The number of benzene rings is 1. The van der Waals surface area contributed by atoms with E-state index in [0.717, 1.165) is 5.69 Å². The van der Waals surface area contributed by atoms with Crippen molar-refractivity contribution in [3.63, 3.8) is 0 Å². The van der Waals surface area contributed by atoms with Crippen molar-refractivity contribution in [3.05, 3.63) is 30.3 Å². The first-order valence-corrected chi connectivity index (χ1v) is 6.69. The smallest absolute Gasteiger partial charge is 0.304 e. The maximum atomic E-state index is 12.2. The van der Waals surface area contributed by atoms with Crippen LogP contribution in [0.15, 0.2) is 30.3 Å². The molecular formula is C15H22N2O3. The van der Waals surface area contributed by atoms with Crippen molar-refractivity contribution in [2.75, 3.05) is 25.0 Å². The number of rotatable bonds is 7. The van der Waals surface area contributed by atoms with Crippen LogP contribution in [0.3, 0.4) is 0 Å². The predicted octanol–water partition coefficient (Wildman–Crippen LogP) is 1.83. The lowest BCUT2D eigenvalue weighted by Crippen LogP contribution is -2.42. The summed E-state index contributed by atoms with van der Waals surface area (Å²) in [5, 5.41) is 8.74. The third-order valence-electron chi connectivity index (χ3n) is 3.20. The number of para-hydroxylation sites is 1. The summed E-state index contributed by atoms with van der Waals surface area (Å²) in [6, 6.07) is 9.52. The number of nitrogens with zero attached hydrogens (tertiary/aromatic N) is 2. The standard InChI is InChI=1S/C15H22N2O3/c1-12(2)17(10-9-15(19)20)11-14(18)16(3)13-7-5-4-6-8-13/h4-8,12H,9-11H2,1-3H3,(H,19,20). The number of hydrogen-bond acceptors (Lipinski definition) is 3. The molecule has 0 spiro atoms. The maximum absolute atomic E-state index is 12.2. The molecule has 0 unspecified atom stereocenters.